The predicted octanol–water partition coefficient (Wildman–Crippen LogP) is 5.17. The van der Waals surface area contributed by atoms with Crippen molar-refractivity contribution >= 4 is 11.9 Å². The number of rotatable bonds is 8. The summed E-state index contributed by atoms with van der Waals surface area (Å²) in [5.41, 5.74) is 3.54. The third kappa shape index (κ3) is 4.97. The highest BCUT2D eigenvalue weighted by molar-refractivity contribution is 6.03. The van der Waals surface area contributed by atoms with Gasteiger partial charge in [0.15, 0.2) is 0 Å². The fourth-order valence-corrected chi connectivity index (χ4v) is 2.85. The topological polar surface area (TPSA) is 77.2 Å². The molecular formula is C22H25N3O3. The first kappa shape index (κ1) is 19.6. The van der Waals surface area contributed by atoms with Crippen LogP contribution >= 0.6 is 0 Å². The molecule has 0 saturated carbocycles. The predicted molar refractivity (Wildman–Crippen MR) is 109 cm³/mol. The van der Waals surface area contributed by atoms with Crippen molar-refractivity contribution in [3.8, 4) is 17.2 Å². The van der Waals surface area contributed by atoms with Gasteiger partial charge in [0.2, 0.25) is 5.89 Å². The van der Waals surface area contributed by atoms with Crippen LogP contribution < -0.4 is 10.1 Å². The Morgan fingerprint density at radius 1 is 1.07 bits per heavy atom. The van der Waals surface area contributed by atoms with E-state index in [1.54, 1.807) is 24.3 Å². The number of aryl methyl sites for hydroxylation is 2. The van der Waals surface area contributed by atoms with Gasteiger partial charge in [-0.1, -0.05) is 42.6 Å². The molecule has 0 bridgehead atoms. The third-order valence-corrected chi connectivity index (χ3v) is 4.39. The number of benzene rings is 2. The molecule has 0 unspecified atom stereocenters. The van der Waals surface area contributed by atoms with E-state index in [0.29, 0.717) is 18.1 Å². The van der Waals surface area contributed by atoms with E-state index in [9.17, 15) is 4.79 Å². The number of anilines is 1. The standard InChI is InChI=1S/C22H25N3O3/c1-4-5-6-13-27-18-10-8-17(9-11-18)20(26)23-22-25-24-21(28-22)19-12-7-15(2)14-16(19)3/h7-12,14H,4-6,13H2,1-3H3,(H,23,25,26). The van der Waals surface area contributed by atoms with Gasteiger partial charge in [0.05, 0.1) is 6.61 Å². The number of nitrogens with one attached hydrogen (secondary N) is 1. The smallest absolute Gasteiger partial charge is 0.322 e. The molecule has 1 amide bonds. The molecule has 1 heterocycles. The molecule has 0 aliphatic carbocycles. The number of amides is 1. The van der Waals surface area contributed by atoms with Gasteiger partial charge in [-0.2, -0.15) is 0 Å². The van der Waals surface area contributed by atoms with Gasteiger partial charge >= 0.3 is 6.01 Å². The number of nitrogens with zero attached hydrogens (tertiary/aromatic N) is 2. The molecule has 3 aromatic rings. The van der Waals surface area contributed by atoms with Gasteiger partial charge < -0.3 is 9.15 Å². The number of carbonyl (C=O) groups excluding carboxylic acids is 1. The Hall–Kier alpha value is -3.15. The molecule has 6 nitrogen and oxygen atoms in total. The fourth-order valence-electron chi connectivity index (χ4n) is 2.85. The summed E-state index contributed by atoms with van der Waals surface area (Å²) < 4.78 is 11.3. The molecule has 0 spiro atoms. The van der Waals surface area contributed by atoms with E-state index in [0.717, 1.165) is 41.7 Å². The van der Waals surface area contributed by atoms with Crippen LogP contribution in [0.3, 0.4) is 0 Å². The Morgan fingerprint density at radius 3 is 2.57 bits per heavy atom. The van der Waals surface area contributed by atoms with E-state index in [1.807, 2.05) is 32.0 Å². The second-order valence-electron chi connectivity index (χ2n) is 6.76. The Kier molecular flexibility index (Phi) is 6.42. The zero-order chi connectivity index (χ0) is 19.9. The summed E-state index contributed by atoms with van der Waals surface area (Å²) in [5.74, 6) is 0.819. The maximum absolute atomic E-state index is 12.4. The van der Waals surface area contributed by atoms with E-state index in [-0.39, 0.29) is 11.9 Å². The molecule has 1 N–H and O–H groups in total. The lowest BCUT2D eigenvalue weighted by atomic mass is 10.1. The van der Waals surface area contributed by atoms with E-state index >= 15 is 0 Å². The van der Waals surface area contributed by atoms with E-state index < -0.39 is 0 Å². The zero-order valence-electron chi connectivity index (χ0n) is 16.5. The monoisotopic (exact) mass is 379 g/mol. The quantitative estimate of drug-likeness (QED) is 0.546. The summed E-state index contributed by atoms with van der Waals surface area (Å²) in [5, 5.41) is 10.6. The van der Waals surface area contributed by atoms with Crippen molar-refractivity contribution < 1.29 is 13.9 Å². The van der Waals surface area contributed by atoms with Crippen molar-refractivity contribution in [3.63, 3.8) is 0 Å². The summed E-state index contributed by atoms with van der Waals surface area (Å²) in [4.78, 5) is 12.4. The van der Waals surface area contributed by atoms with Crippen LogP contribution in [0.4, 0.5) is 6.01 Å². The molecule has 146 valence electrons. The highest BCUT2D eigenvalue weighted by Crippen LogP contribution is 2.24. The Balaban J connectivity index is 1.61. The molecule has 0 fully saturated rings. The molecule has 28 heavy (non-hydrogen) atoms. The molecule has 0 aliphatic rings. The van der Waals surface area contributed by atoms with E-state index in [4.69, 9.17) is 9.15 Å². The van der Waals surface area contributed by atoms with Gasteiger partial charge in [0, 0.05) is 11.1 Å². The summed E-state index contributed by atoms with van der Waals surface area (Å²) in [7, 11) is 0. The second kappa shape index (κ2) is 9.17. The number of aromatic nitrogens is 2. The zero-order valence-corrected chi connectivity index (χ0v) is 16.5. The number of ether oxygens (including phenoxy) is 1. The first-order chi connectivity index (χ1) is 13.6. The molecule has 0 atom stereocenters. The third-order valence-electron chi connectivity index (χ3n) is 4.39. The Morgan fingerprint density at radius 2 is 1.86 bits per heavy atom. The van der Waals surface area contributed by atoms with Crippen LogP contribution in [-0.4, -0.2) is 22.7 Å². The van der Waals surface area contributed by atoms with Crippen LogP contribution in [0.5, 0.6) is 5.75 Å². The van der Waals surface area contributed by atoms with Gasteiger partial charge in [0.25, 0.3) is 5.91 Å². The average Bonchev–Trinajstić information content (AvgIpc) is 3.14. The van der Waals surface area contributed by atoms with Crippen molar-refractivity contribution in [1.82, 2.24) is 10.2 Å². The lowest BCUT2D eigenvalue weighted by Gasteiger charge is -2.06. The minimum absolute atomic E-state index is 0.0693. The Bertz CT molecular complexity index is 932. The fraction of sp³-hybridized carbons (Fsp3) is 0.318. The maximum Gasteiger partial charge on any atom is 0.322 e. The van der Waals surface area contributed by atoms with Crippen LogP contribution in [0.25, 0.3) is 11.5 Å². The molecular weight excluding hydrogens is 354 g/mol. The summed E-state index contributed by atoms with van der Waals surface area (Å²) >= 11 is 0. The molecule has 1 aromatic heterocycles. The van der Waals surface area contributed by atoms with Crippen LogP contribution in [-0.2, 0) is 0 Å². The lowest BCUT2D eigenvalue weighted by Crippen LogP contribution is -2.12. The van der Waals surface area contributed by atoms with Gasteiger partial charge in [-0.15, -0.1) is 5.10 Å². The van der Waals surface area contributed by atoms with Gasteiger partial charge in [-0.3, -0.25) is 10.1 Å². The summed E-state index contributed by atoms with van der Waals surface area (Å²) in [6.45, 7) is 6.85. The van der Waals surface area contributed by atoms with Crippen molar-refractivity contribution in [1.29, 1.82) is 0 Å². The minimum atomic E-state index is -0.312. The molecule has 3 rings (SSSR count). The first-order valence-electron chi connectivity index (χ1n) is 9.52. The average molecular weight is 379 g/mol. The van der Waals surface area contributed by atoms with Crippen LogP contribution in [0.1, 0.15) is 47.7 Å². The van der Waals surface area contributed by atoms with E-state index in [1.165, 1.54) is 0 Å². The molecule has 0 saturated heterocycles. The number of hydrogen-bond acceptors (Lipinski definition) is 5. The highest BCUT2D eigenvalue weighted by Gasteiger charge is 2.14. The normalized spacial score (nSPS) is 10.7. The molecule has 0 radical (unpaired) electrons. The van der Waals surface area contributed by atoms with Gasteiger partial charge in [-0.25, -0.2) is 0 Å². The minimum Gasteiger partial charge on any atom is -0.494 e. The van der Waals surface area contributed by atoms with Crippen LogP contribution in [0.15, 0.2) is 46.9 Å². The molecule has 2 aromatic carbocycles. The van der Waals surface area contributed by atoms with Gasteiger partial charge in [-0.05, 0) is 56.2 Å². The van der Waals surface area contributed by atoms with Crippen molar-refractivity contribution in [3.05, 3.63) is 59.2 Å². The largest absolute Gasteiger partial charge is 0.494 e. The van der Waals surface area contributed by atoms with E-state index in [2.05, 4.69) is 22.4 Å². The molecule has 0 aliphatic heterocycles. The van der Waals surface area contributed by atoms with Crippen molar-refractivity contribution in [2.45, 2.75) is 40.0 Å². The van der Waals surface area contributed by atoms with Crippen LogP contribution in [0, 0.1) is 13.8 Å². The van der Waals surface area contributed by atoms with Crippen LogP contribution in [0.2, 0.25) is 0 Å². The van der Waals surface area contributed by atoms with Crippen molar-refractivity contribution in [2.75, 3.05) is 11.9 Å². The first-order valence-corrected chi connectivity index (χ1v) is 9.52. The number of unbranched alkanes of at least 4 members (excludes halogenated alkanes) is 2. The lowest BCUT2D eigenvalue weighted by molar-refractivity contribution is 0.102. The van der Waals surface area contributed by atoms with Gasteiger partial charge in [0.1, 0.15) is 5.75 Å². The highest BCUT2D eigenvalue weighted by atomic mass is 16.5. The molecule has 6 heteroatoms. The summed E-state index contributed by atoms with van der Waals surface area (Å²) in [6, 6.07) is 13.0. The summed E-state index contributed by atoms with van der Waals surface area (Å²) in [6.07, 6.45) is 3.33. The Labute approximate surface area is 164 Å². The maximum atomic E-state index is 12.4. The number of hydrogen-bond donors (Lipinski definition) is 1. The number of carbonyl (C=O) groups is 1. The second-order valence-corrected chi connectivity index (χ2v) is 6.76. The van der Waals surface area contributed by atoms with Crippen molar-refractivity contribution in [2.24, 2.45) is 0 Å². The SMILES string of the molecule is CCCCCOc1ccc(C(=O)Nc2nnc(-c3ccc(C)cc3C)o2)cc1.